The molecular formula is C13H18N2O2. The number of nitrogens with one attached hydrogen (secondary N) is 1. The van der Waals surface area contributed by atoms with Gasteiger partial charge >= 0.3 is 0 Å². The second-order valence-corrected chi connectivity index (χ2v) is 3.88. The van der Waals surface area contributed by atoms with Gasteiger partial charge in [-0.15, -0.1) is 0 Å². The molecule has 0 aliphatic carbocycles. The summed E-state index contributed by atoms with van der Waals surface area (Å²) in [5, 5.41) is 21.3. The number of nitrogens with zero attached hydrogens (tertiary/aromatic N) is 1. The van der Waals surface area contributed by atoms with Crippen molar-refractivity contribution in [3.8, 4) is 6.07 Å². The summed E-state index contributed by atoms with van der Waals surface area (Å²) in [6, 6.07) is 9.54. The molecule has 1 rings (SSSR count). The van der Waals surface area contributed by atoms with Gasteiger partial charge in [-0.3, -0.25) is 0 Å². The lowest BCUT2D eigenvalue weighted by atomic mass is 10.1. The number of benzene rings is 1. The number of aliphatic hydroxyl groups is 1. The average molecular weight is 234 g/mol. The minimum absolute atomic E-state index is 0.374. The Kier molecular flexibility index (Phi) is 6.26. The number of hydrogen-bond acceptors (Lipinski definition) is 4. The Labute approximate surface area is 102 Å². The molecule has 1 aromatic rings. The van der Waals surface area contributed by atoms with Crippen LogP contribution >= 0.6 is 0 Å². The van der Waals surface area contributed by atoms with Crippen molar-refractivity contribution in [2.75, 3.05) is 20.3 Å². The van der Waals surface area contributed by atoms with Crippen molar-refractivity contribution in [2.24, 2.45) is 0 Å². The second-order valence-electron chi connectivity index (χ2n) is 3.88. The summed E-state index contributed by atoms with van der Waals surface area (Å²) in [5.74, 6) is 0. The first-order chi connectivity index (χ1) is 8.26. The summed E-state index contributed by atoms with van der Waals surface area (Å²) in [4.78, 5) is 0. The van der Waals surface area contributed by atoms with E-state index in [4.69, 9.17) is 10.00 Å². The topological polar surface area (TPSA) is 65.3 Å². The predicted octanol–water partition coefficient (Wildman–Crippen LogP) is 1.05. The lowest BCUT2D eigenvalue weighted by Crippen LogP contribution is -2.22. The Hall–Kier alpha value is -1.41. The quantitative estimate of drug-likeness (QED) is 0.692. The van der Waals surface area contributed by atoms with Crippen LogP contribution in [0.3, 0.4) is 0 Å². The Morgan fingerprint density at radius 2 is 2.12 bits per heavy atom. The highest BCUT2D eigenvalue weighted by Crippen LogP contribution is 2.02. The van der Waals surface area contributed by atoms with Crippen LogP contribution in [0, 0.1) is 11.3 Å². The highest BCUT2D eigenvalue weighted by atomic mass is 16.5. The van der Waals surface area contributed by atoms with Gasteiger partial charge in [0, 0.05) is 13.7 Å². The Morgan fingerprint density at radius 1 is 1.41 bits per heavy atom. The first-order valence-electron chi connectivity index (χ1n) is 5.63. The highest BCUT2D eigenvalue weighted by molar-refractivity contribution is 5.31. The zero-order valence-corrected chi connectivity index (χ0v) is 10.0. The van der Waals surface area contributed by atoms with Gasteiger partial charge in [-0.05, 0) is 30.7 Å². The van der Waals surface area contributed by atoms with E-state index in [1.54, 1.807) is 19.2 Å². The number of aliphatic hydroxyl groups excluding tert-OH is 1. The minimum atomic E-state index is -0.409. The monoisotopic (exact) mass is 234 g/mol. The fraction of sp³-hybridized carbons (Fsp3) is 0.462. The molecule has 2 N–H and O–H groups in total. The third-order valence-electron chi connectivity index (χ3n) is 2.43. The van der Waals surface area contributed by atoms with Gasteiger partial charge in [-0.25, -0.2) is 0 Å². The summed E-state index contributed by atoms with van der Waals surface area (Å²) in [6.07, 6.45) is 0.262. The van der Waals surface area contributed by atoms with Crippen LogP contribution in [0.25, 0.3) is 0 Å². The van der Waals surface area contributed by atoms with E-state index in [1.807, 2.05) is 12.1 Å². The van der Waals surface area contributed by atoms with Crippen molar-refractivity contribution >= 4 is 0 Å². The largest absolute Gasteiger partial charge is 0.391 e. The Bertz CT molecular complexity index is 357. The zero-order valence-electron chi connectivity index (χ0n) is 10.0. The van der Waals surface area contributed by atoms with Crippen LogP contribution in [-0.2, 0) is 11.3 Å². The second kappa shape index (κ2) is 7.80. The molecule has 0 aromatic heterocycles. The maximum Gasteiger partial charge on any atom is 0.0991 e. The molecule has 0 radical (unpaired) electrons. The number of rotatable bonds is 7. The maximum absolute atomic E-state index is 9.41. The van der Waals surface area contributed by atoms with E-state index in [9.17, 15) is 5.11 Å². The summed E-state index contributed by atoms with van der Waals surface area (Å²) in [6.45, 7) is 1.86. The first-order valence-corrected chi connectivity index (χ1v) is 5.63. The molecule has 0 amide bonds. The fourth-order valence-corrected chi connectivity index (χ4v) is 1.47. The maximum atomic E-state index is 9.41. The van der Waals surface area contributed by atoms with Crippen molar-refractivity contribution in [1.29, 1.82) is 5.26 Å². The minimum Gasteiger partial charge on any atom is -0.391 e. The van der Waals surface area contributed by atoms with E-state index in [2.05, 4.69) is 11.4 Å². The van der Waals surface area contributed by atoms with E-state index >= 15 is 0 Å². The lowest BCUT2D eigenvalue weighted by molar-refractivity contribution is 0.0594. The number of hydrogen-bond donors (Lipinski definition) is 2. The van der Waals surface area contributed by atoms with Gasteiger partial charge in [0.15, 0.2) is 0 Å². The highest BCUT2D eigenvalue weighted by Gasteiger charge is 2.02. The molecule has 92 valence electrons. The van der Waals surface area contributed by atoms with Gasteiger partial charge < -0.3 is 15.2 Å². The molecule has 0 bridgehead atoms. The molecule has 1 atom stereocenters. The molecule has 0 saturated carbocycles. The van der Waals surface area contributed by atoms with Crippen LogP contribution in [0.1, 0.15) is 17.5 Å². The summed E-state index contributed by atoms with van der Waals surface area (Å²) < 4.78 is 4.84. The van der Waals surface area contributed by atoms with Gasteiger partial charge in [-0.1, -0.05) is 12.1 Å². The molecule has 0 heterocycles. The van der Waals surface area contributed by atoms with E-state index in [-0.39, 0.29) is 0 Å². The van der Waals surface area contributed by atoms with E-state index in [0.29, 0.717) is 18.6 Å². The van der Waals surface area contributed by atoms with Crippen LogP contribution in [0.4, 0.5) is 0 Å². The normalized spacial score (nSPS) is 12.1. The number of nitriles is 1. The molecule has 17 heavy (non-hydrogen) atoms. The number of ether oxygens (including phenoxy) is 1. The average Bonchev–Trinajstić information content (AvgIpc) is 2.36. The van der Waals surface area contributed by atoms with Crippen LogP contribution in [0.2, 0.25) is 0 Å². The summed E-state index contributed by atoms with van der Waals surface area (Å²) >= 11 is 0. The van der Waals surface area contributed by atoms with Crippen LogP contribution < -0.4 is 5.32 Å². The van der Waals surface area contributed by atoms with Crippen molar-refractivity contribution in [3.63, 3.8) is 0 Å². The molecule has 0 fully saturated rings. The third kappa shape index (κ3) is 5.45. The predicted molar refractivity (Wildman–Crippen MR) is 65.4 cm³/mol. The SMILES string of the molecule is COCC(O)CCNCc1ccc(C#N)cc1. The molecular weight excluding hydrogens is 216 g/mol. The molecule has 1 unspecified atom stereocenters. The van der Waals surface area contributed by atoms with E-state index in [0.717, 1.165) is 18.7 Å². The standard InChI is InChI=1S/C13H18N2O2/c1-17-10-13(16)6-7-15-9-12-4-2-11(8-14)3-5-12/h2-5,13,15-16H,6-7,9-10H2,1H3. The number of methoxy groups -OCH3 is 1. The van der Waals surface area contributed by atoms with E-state index < -0.39 is 6.10 Å². The Balaban J connectivity index is 2.20. The third-order valence-corrected chi connectivity index (χ3v) is 2.43. The van der Waals surface area contributed by atoms with Gasteiger partial charge in [0.25, 0.3) is 0 Å². The van der Waals surface area contributed by atoms with Crippen molar-refractivity contribution < 1.29 is 9.84 Å². The lowest BCUT2D eigenvalue weighted by Gasteiger charge is -2.10. The van der Waals surface area contributed by atoms with Crippen LogP contribution in [0.15, 0.2) is 24.3 Å². The molecule has 0 spiro atoms. The molecule has 4 nitrogen and oxygen atoms in total. The van der Waals surface area contributed by atoms with Gasteiger partial charge in [0.1, 0.15) is 0 Å². The Morgan fingerprint density at radius 3 is 2.71 bits per heavy atom. The van der Waals surface area contributed by atoms with Gasteiger partial charge in [0.2, 0.25) is 0 Å². The molecule has 0 saturated heterocycles. The molecule has 0 aliphatic heterocycles. The smallest absolute Gasteiger partial charge is 0.0991 e. The van der Waals surface area contributed by atoms with Crippen molar-refractivity contribution in [1.82, 2.24) is 5.32 Å². The van der Waals surface area contributed by atoms with Crippen molar-refractivity contribution in [3.05, 3.63) is 35.4 Å². The summed E-state index contributed by atoms with van der Waals surface area (Å²) in [7, 11) is 1.58. The van der Waals surface area contributed by atoms with Gasteiger partial charge in [-0.2, -0.15) is 5.26 Å². The van der Waals surface area contributed by atoms with Crippen molar-refractivity contribution in [2.45, 2.75) is 19.1 Å². The van der Waals surface area contributed by atoms with E-state index in [1.165, 1.54) is 0 Å². The zero-order chi connectivity index (χ0) is 12.5. The molecule has 1 aromatic carbocycles. The molecule has 4 heteroatoms. The first kappa shape index (κ1) is 13.7. The molecule has 0 aliphatic rings. The van der Waals surface area contributed by atoms with Crippen LogP contribution in [-0.4, -0.2) is 31.5 Å². The van der Waals surface area contributed by atoms with Crippen LogP contribution in [0.5, 0.6) is 0 Å². The summed E-state index contributed by atoms with van der Waals surface area (Å²) in [5.41, 5.74) is 1.80. The fourth-order valence-electron chi connectivity index (χ4n) is 1.47. The van der Waals surface area contributed by atoms with Gasteiger partial charge in [0.05, 0.1) is 24.3 Å².